The molecule has 0 amide bonds. The van der Waals surface area contributed by atoms with E-state index in [2.05, 4.69) is 0 Å². The summed E-state index contributed by atoms with van der Waals surface area (Å²) in [5, 5.41) is 8.78. The normalized spacial score (nSPS) is 9.73. The number of Topliss-reactive ketones (excluding diaryl/α,β-unsaturated/α-hetero) is 1. The summed E-state index contributed by atoms with van der Waals surface area (Å²) in [5.74, 6) is 0.455. The molecule has 3 heteroatoms. The summed E-state index contributed by atoms with van der Waals surface area (Å²) in [7, 11) is 0. The van der Waals surface area contributed by atoms with Crippen LogP contribution in [0.3, 0.4) is 0 Å². The lowest BCUT2D eigenvalue weighted by Crippen LogP contribution is -2.17. The summed E-state index contributed by atoms with van der Waals surface area (Å²) in [6.45, 7) is 3.67. The summed E-state index contributed by atoms with van der Waals surface area (Å²) in [6.07, 6.45) is 0. The van der Waals surface area contributed by atoms with Crippen molar-refractivity contribution in [1.82, 2.24) is 0 Å². The van der Waals surface area contributed by atoms with Crippen molar-refractivity contribution in [3.8, 4) is 11.8 Å². The van der Waals surface area contributed by atoms with Gasteiger partial charge in [0.25, 0.3) is 0 Å². The summed E-state index contributed by atoms with van der Waals surface area (Å²) < 4.78 is 5.28. The van der Waals surface area contributed by atoms with Gasteiger partial charge in [0.15, 0.2) is 5.78 Å². The van der Waals surface area contributed by atoms with E-state index in [1.54, 1.807) is 24.3 Å². The summed E-state index contributed by atoms with van der Waals surface area (Å²) in [5.41, 5.74) is 0.453. The van der Waals surface area contributed by atoms with Crippen LogP contribution in [0, 0.1) is 17.2 Å². The standard InChI is InChI=1S/C12H13NO2/c1-9(2)11(14)8-15-12-6-4-3-5-10(12)7-13/h3-6,9H,8H2,1-2H3. The van der Waals surface area contributed by atoms with Crippen molar-refractivity contribution in [3.63, 3.8) is 0 Å². The van der Waals surface area contributed by atoms with Gasteiger partial charge >= 0.3 is 0 Å². The van der Waals surface area contributed by atoms with E-state index in [0.29, 0.717) is 11.3 Å². The Morgan fingerprint density at radius 2 is 2.13 bits per heavy atom. The highest BCUT2D eigenvalue weighted by Gasteiger charge is 2.09. The molecular weight excluding hydrogens is 190 g/mol. The predicted molar refractivity (Wildman–Crippen MR) is 56.5 cm³/mol. The van der Waals surface area contributed by atoms with Crippen LogP contribution in [0.1, 0.15) is 19.4 Å². The molecule has 0 radical (unpaired) electrons. The summed E-state index contributed by atoms with van der Waals surface area (Å²) in [6, 6.07) is 8.89. The summed E-state index contributed by atoms with van der Waals surface area (Å²) in [4.78, 5) is 11.3. The Labute approximate surface area is 89.3 Å². The number of para-hydroxylation sites is 1. The number of ketones is 1. The summed E-state index contributed by atoms with van der Waals surface area (Å²) >= 11 is 0. The third kappa shape index (κ3) is 3.10. The Hall–Kier alpha value is -1.82. The highest BCUT2D eigenvalue weighted by Crippen LogP contribution is 2.16. The lowest BCUT2D eigenvalue weighted by atomic mass is 10.1. The molecule has 1 aromatic rings. The van der Waals surface area contributed by atoms with Crippen molar-refractivity contribution >= 4 is 5.78 Å². The Balaban J connectivity index is 2.66. The second kappa shape index (κ2) is 5.16. The second-order valence-corrected chi connectivity index (χ2v) is 3.52. The minimum absolute atomic E-state index is 0.0242. The van der Waals surface area contributed by atoms with E-state index in [4.69, 9.17) is 10.00 Å². The molecule has 0 saturated carbocycles. The molecule has 0 atom stereocenters. The van der Waals surface area contributed by atoms with Crippen LogP contribution < -0.4 is 4.74 Å². The van der Waals surface area contributed by atoms with Gasteiger partial charge in [0, 0.05) is 5.92 Å². The van der Waals surface area contributed by atoms with Crippen LogP contribution in [-0.4, -0.2) is 12.4 Å². The molecule has 0 saturated heterocycles. The van der Waals surface area contributed by atoms with Crippen LogP contribution in [0.2, 0.25) is 0 Å². The van der Waals surface area contributed by atoms with E-state index in [9.17, 15) is 4.79 Å². The number of hydrogen-bond donors (Lipinski definition) is 0. The van der Waals surface area contributed by atoms with E-state index in [1.165, 1.54) is 0 Å². The topological polar surface area (TPSA) is 50.1 Å². The number of carbonyl (C=O) groups is 1. The van der Waals surface area contributed by atoms with E-state index in [-0.39, 0.29) is 18.3 Å². The number of nitriles is 1. The maximum Gasteiger partial charge on any atom is 0.172 e. The molecular formula is C12H13NO2. The lowest BCUT2D eigenvalue weighted by molar-refractivity contribution is -0.123. The van der Waals surface area contributed by atoms with E-state index in [0.717, 1.165) is 0 Å². The Morgan fingerprint density at radius 1 is 1.47 bits per heavy atom. The first-order valence-electron chi connectivity index (χ1n) is 4.79. The average Bonchev–Trinajstić information content (AvgIpc) is 2.26. The number of hydrogen-bond acceptors (Lipinski definition) is 3. The zero-order valence-electron chi connectivity index (χ0n) is 8.86. The molecule has 0 aliphatic rings. The number of nitrogens with zero attached hydrogens (tertiary/aromatic N) is 1. The zero-order valence-corrected chi connectivity index (χ0v) is 8.86. The molecule has 0 spiro atoms. The van der Waals surface area contributed by atoms with Crippen LogP contribution in [0.25, 0.3) is 0 Å². The van der Waals surface area contributed by atoms with Crippen molar-refractivity contribution in [2.24, 2.45) is 5.92 Å². The molecule has 0 N–H and O–H groups in total. The Morgan fingerprint density at radius 3 is 2.73 bits per heavy atom. The van der Waals surface area contributed by atoms with Gasteiger partial charge in [-0.25, -0.2) is 0 Å². The predicted octanol–water partition coefficient (Wildman–Crippen LogP) is 2.16. The van der Waals surface area contributed by atoms with Crippen LogP contribution in [0.15, 0.2) is 24.3 Å². The van der Waals surface area contributed by atoms with Gasteiger partial charge < -0.3 is 4.74 Å². The molecule has 0 aliphatic carbocycles. The van der Waals surface area contributed by atoms with Gasteiger partial charge in [0.05, 0.1) is 5.56 Å². The number of rotatable bonds is 4. The van der Waals surface area contributed by atoms with Crippen LogP contribution in [0.5, 0.6) is 5.75 Å². The second-order valence-electron chi connectivity index (χ2n) is 3.52. The fraction of sp³-hybridized carbons (Fsp3) is 0.333. The van der Waals surface area contributed by atoms with E-state index < -0.39 is 0 Å². The van der Waals surface area contributed by atoms with Crippen molar-refractivity contribution < 1.29 is 9.53 Å². The van der Waals surface area contributed by atoms with Crippen molar-refractivity contribution in [3.05, 3.63) is 29.8 Å². The molecule has 15 heavy (non-hydrogen) atoms. The highest BCUT2D eigenvalue weighted by atomic mass is 16.5. The van der Waals surface area contributed by atoms with Crippen LogP contribution in [-0.2, 0) is 4.79 Å². The maximum atomic E-state index is 11.3. The SMILES string of the molecule is CC(C)C(=O)COc1ccccc1C#N. The molecule has 0 unspecified atom stereocenters. The molecule has 0 fully saturated rings. The monoisotopic (exact) mass is 203 g/mol. The zero-order chi connectivity index (χ0) is 11.3. The molecule has 3 nitrogen and oxygen atoms in total. The largest absolute Gasteiger partial charge is 0.484 e. The molecule has 0 aromatic heterocycles. The van der Waals surface area contributed by atoms with Gasteiger partial charge in [-0.3, -0.25) is 4.79 Å². The Bertz CT molecular complexity index is 391. The van der Waals surface area contributed by atoms with Crippen molar-refractivity contribution in [1.29, 1.82) is 5.26 Å². The quantitative estimate of drug-likeness (QED) is 0.753. The molecule has 0 bridgehead atoms. The van der Waals surface area contributed by atoms with Gasteiger partial charge in [-0.2, -0.15) is 5.26 Å². The third-order valence-electron chi connectivity index (χ3n) is 2.02. The van der Waals surface area contributed by atoms with Gasteiger partial charge in [-0.1, -0.05) is 26.0 Å². The highest BCUT2D eigenvalue weighted by molar-refractivity contribution is 5.81. The third-order valence-corrected chi connectivity index (χ3v) is 2.02. The molecule has 78 valence electrons. The number of ether oxygens (including phenoxy) is 1. The lowest BCUT2D eigenvalue weighted by Gasteiger charge is -2.08. The maximum absolute atomic E-state index is 11.3. The first-order valence-corrected chi connectivity index (χ1v) is 4.79. The first kappa shape index (κ1) is 11.3. The minimum atomic E-state index is -0.0424. The molecule has 1 rings (SSSR count). The Kier molecular flexibility index (Phi) is 3.87. The first-order chi connectivity index (χ1) is 7.15. The van der Waals surface area contributed by atoms with Gasteiger partial charge in [-0.05, 0) is 12.1 Å². The van der Waals surface area contributed by atoms with E-state index in [1.807, 2.05) is 19.9 Å². The molecule has 1 aromatic carbocycles. The van der Waals surface area contributed by atoms with Gasteiger partial charge in [0.1, 0.15) is 18.4 Å². The van der Waals surface area contributed by atoms with Crippen molar-refractivity contribution in [2.45, 2.75) is 13.8 Å². The van der Waals surface area contributed by atoms with Gasteiger partial charge in [-0.15, -0.1) is 0 Å². The fourth-order valence-electron chi connectivity index (χ4n) is 1.00. The smallest absolute Gasteiger partial charge is 0.172 e. The van der Waals surface area contributed by atoms with Gasteiger partial charge in [0.2, 0.25) is 0 Å². The fourth-order valence-corrected chi connectivity index (χ4v) is 1.00. The van der Waals surface area contributed by atoms with Crippen LogP contribution >= 0.6 is 0 Å². The minimum Gasteiger partial charge on any atom is -0.484 e. The molecule has 0 heterocycles. The van der Waals surface area contributed by atoms with Crippen molar-refractivity contribution in [2.75, 3.05) is 6.61 Å². The number of carbonyl (C=O) groups excluding carboxylic acids is 1. The number of benzene rings is 1. The van der Waals surface area contributed by atoms with E-state index >= 15 is 0 Å². The van der Waals surface area contributed by atoms with Crippen LogP contribution in [0.4, 0.5) is 0 Å². The molecule has 0 aliphatic heterocycles. The average molecular weight is 203 g/mol.